The Labute approximate surface area is 97.0 Å². The molecular formula is C12H19O3P. The molecule has 0 bridgehead atoms. The standard InChI is InChI=1S/C12H19O3P/c1-4-11(3)15-16(13,14)9-12-8-6-5-7-10(12)2/h5-8,11H,4,9H2,1-3H3,(H,13,14). The van der Waals surface area contributed by atoms with Crippen molar-refractivity contribution >= 4 is 7.60 Å². The molecule has 1 rings (SSSR count). The van der Waals surface area contributed by atoms with E-state index in [1.54, 1.807) is 6.92 Å². The van der Waals surface area contributed by atoms with Crippen molar-refractivity contribution in [3.8, 4) is 0 Å². The summed E-state index contributed by atoms with van der Waals surface area (Å²) < 4.78 is 17.0. The van der Waals surface area contributed by atoms with E-state index >= 15 is 0 Å². The molecular weight excluding hydrogens is 223 g/mol. The van der Waals surface area contributed by atoms with Crippen LogP contribution in [0.2, 0.25) is 0 Å². The molecule has 1 aromatic rings. The normalized spacial score (nSPS) is 16.8. The van der Waals surface area contributed by atoms with Crippen molar-refractivity contribution in [2.24, 2.45) is 0 Å². The van der Waals surface area contributed by atoms with Gasteiger partial charge in [-0.05, 0) is 31.4 Å². The highest BCUT2D eigenvalue weighted by Crippen LogP contribution is 2.47. The van der Waals surface area contributed by atoms with Crippen LogP contribution in [-0.2, 0) is 15.3 Å². The summed E-state index contributed by atoms with van der Waals surface area (Å²) in [6.45, 7) is 5.66. The predicted molar refractivity (Wildman–Crippen MR) is 65.5 cm³/mol. The Kier molecular flexibility index (Phi) is 4.72. The van der Waals surface area contributed by atoms with Crippen molar-refractivity contribution in [1.29, 1.82) is 0 Å². The molecule has 90 valence electrons. The van der Waals surface area contributed by atoms with E-state index in [4.69, 9.17) is 4.52 Å². The lowest BCUT2D eigenvalue weighted by molar-refractivity contribution is 0.185. The monoisotopic (exact) mass is 242 g/mol. The first kappa shape index (κ1) is 13.4. The van der Waals surface area contributed by atoms with Gasteiger partial charge in [0, 0.05) is 0 Å². The van der Waals surface area contributed by atoms with Gasteiger partial charge < -0.3 is 9.42 Å². The van der Waals surface area contributed by atoms with Crippen LogP contribution in [0.3, 0.4) is 0 Å². The second-order valence-electron chi connectivity index (χ2n) is 4.05. The minimum atomic E-state index is -3.51. The summed E-state index contributed by atoms with van der Waals surface area (Å²) in [6, 6.07) is 7.57. The number of hydrogen-bond acceptors (Lipinski definition) is 2. The van der Waals surface area contributed by atoms with Gasteiger partial charge >= 0.3 is 7.60 Å². The molecule has 16 heavy (non-hydrogen) atoms. The Bertz CT molecular complexity index is 390. The highest BCUT2D eigenvalue weighted by Gasteiger charge is 2.23. The van der Waals surface area contributed by atoms with Gasteiger partial charge in [-0.25, -0.2) is 0 Å². The van der Waals surface area contributed by atoms with E-state index in [1.807, 2.05) is 38.1 Å². The van der Waals surface area contributed by atoms with E-state index in [0.29, 0.717) is 0 Å². The van der Waals surface area contributed by atoms with Crippen LogP contribution in [0, 0.1) is 6.92 Å². The highest BCUT2D eigenvalue weighted by molar-refractivity contribution is 7.52. The van der Waals surface area contributed by atoms with Gasteiger partial charge in [-0.3, -0.25) is 4.57 Å². The Morgan fingerprint density at radius 1 is 1.44 bits per heavy atom. The van der Waals surface area contributed by atoms with Gasteiger partial charge in [0.25, 0.3) is 0 Å². The predicted octanol–water partition coefficient (Wildman–Crippen LogP) is 3.50. The largest absolute Gasteiger partial charge is 0.332 e. The van der Waals surface area contributed by atoms with E-state index < -0.39 is 7.60 Å². The average Bonchev–Trinajstić information content (AvgIpc) is 2.20. The van der Waals surface area contributed by atoms with Gasteiger partial charge in [-0.2, -0.15) is 0 Å². The highest BCUT2D eigenvalue weighted by atomic mass is 31.2. The Morgan fingerprint density at radius 3 is 2.62 bits per heavy atom. The number of aryl methyl sites for hydroxylation is 1. The smallest absolute Gasteiger partial charge is 0.324 e. The van der Waals surface area contributed by atoms with E-state index in [1.165, 1.54) is 0 Å². The molecule has 2 unspecified atom stereocenters. The fraction of sp³-hybridized carbons (Fsp3) is 0.500. The lowest BCUT2D eigenvalue weighted by Crippen LogP contribution is -2.06. The SMILES string of the molecule is CCC(C)OP(=O)(O)Cc1ccccc1C. The van der Waals surface area contributed by atoms with Crippen molar-refractivity contribution in [1.82, 2.24) is 0 Å². The molecule has 0 aromatic heterocycles. The summed E-state index contributed by atoms with van der Waals surface area (Å²) in [4.78, 5) is 9.73. The van der Waals surface area contributed by atoms with Crippen LogP contribution >= 0.6 is 7.60 Å². The van der Waals surface area contributed by atoms with Crippen molar-refractivity contribution in [2.75, 3.05) is 0 Å². The number of rotatable bonds is 5. The summed E-state index contributed by atoms with van der Waals surface area (Å²) in [5.74, 6) is 0. The number of hydrogen-bond donors (Lipinski definition) is 1. The minimum Gasteiger partial charge on any atom is -0.324 e. The Morgan fingerprint density at radius 2 is 2.06 bits per heavy atom. The average molecular weight is 242 g/mol. The second kappa shape index (κ2) is 5.62. The zero-order chi connectivity index (χ0) is 12.2. The molecule has 0 aliphatic rings. The van der Waals surface area contributed by atoms with Crippen LogP contribution in [-0.4, -0.2) is 11.0 Å². The molecule has 0 radical (unpaired) electrons. The quantitative estimate of drug-likeness (QED) is 0.804. The molecule has 0 aliphatic carbocycles. The maximum atomic E-state index is 11.8. The lowest BCUT2D eigenvalue weighted by Gasteiger charge is -2.17. The third-order valence-corrected chi connectivity index (χ3v) is 3.98. The molecule has 3 nitrogen and oxygen atoms in total. The van der Waals surface area contributed by atoms with Gasteiger partial charge in [0.15, 0.2) is 0 Å². The summed E-state index contributed by atoms with van der Waals surface area (Å²) >= 11 is 0. The van der Waals surface area contributed by atoms with Crippen molar-refractivity contribution in [2.45, 2.75) is 39.5 Å². The molecule has 0 amide bonds. The molecule has 0 heterocycles. The molecule has 2 atom stereocenters. The van der Waals surface area contributed by atoms with Crippen LogP contribution in [0.5, 0.6) is 0 Å². The van der Waals surface area contributed by atoms with Crippen LogP contribution in [0.1, 0.15) is 31.4 Å². The van der Waals surface area contributed by atoms with E-state index in [-0.39, 0.29) is 12.3 Å². The van der Waals surface area contributed by atoms with Crippen LogP contribution in [0.25, 0.3) is 0 Å². The minimum absolute atomic E-state index is 0.0873. The van der Waals surface area contributed by atoms with Gasteiger partial charge in [-0.1, -0.05) is 31.2 Å². The maximum Gasteiger partial charge on any atom is 0.332 e. The number of benzene rings is 1. The second-order valence-corrected chi connectivity index (χ2v) is 5.85. The lowest BCUT2D eigenvalue weighted by atomic mass is 10.1. The van der Waals surface area contributed by atoms with E-state index in [9.17, 15) is 9.46 Å². The molecule has 1 aromatic carbocycles. The van der Waals surface area contributed by atoms with Crippen molar-refractivity contribution < 1.29 is 14.0 Å². The summed E-state index contributed by atoms with van der Waals surface area (Å²) in [6.07, 6.45) is 0.641. The van der Waals surface area contributed by atoms with Crippen molar-refractivity contribution in [3.63, 3.8) is 0 Å². The summed E-state index contributed by atoms with van der Waals surface area (Å²) in [5.41, 5.74) is 1.89. The van der Waals surface area contributed by atoms with Gasteiger partial charge in [0.05, 0.1) is 12.3 Å². The maximum absolute atomic E-state index is 11.8. The molecule has 0 saturated carbocycles. The van der Waals surface area contributed by atoms with E-state index in [2.05, 4.69) is 0 Å². The Hall–Kier alpha value is -0.630. The zero-order valence-corrected chi connectivity index (χ0v) is 10.9. The van der Waals surface area contributed by atoms with Gasteiger partial charge in [-0.15, -0.1) is 0 Å². The molecule has 0 spiro atoms. The molecule has 0 fully saturated rings. The molecule has 0 aliphatic heterocycles. The fourth-order valence-electron chi connectivity index (χ4n) is 1.40. The van der Waals surface area contributed by atoms with Gasteiger partial charge in [0.2, 0.25) is 0 Å². The molecule has 1 N–H and O–H groups in total. The third kappa shape index (κ3) is 4.09. The zero-order valence-electron chi connectivity index (χ0n) is 10.0. The topological polar surface area (TPSA) is 46.5 Å². The molecule has 4 heteroatoms. The van der Waals surface area contributed by atoms with Crippen LogP contribution < -0.4 is 0 Å². The fourth-order valence-corrected chi connectivity index (χ4v) is 2.97. The molecule has 0 saturated heterocycles. The Balaban J connectivity index is 2.73. The summed E-state index contributed by atoms with van der Waals surface area (Å²) in [7, 11) is -3.51. The third-order valence-electron chi connectivity index (χ3n) is 2.55. The first-order valence-electron chi connectivity index (χ1n) is 5.49. The summed E-state index contributed by atoms with van der Waals surface area (Å²) in [5, 5.41) is 0. The first-order valence-corrected chi connectivity index (χ1v) is 7.25. The van der Waals surface area contributed by atoms with Gasteiger partial charge in [0.1, 0.15) is 0 Å². The first-order chi connectivity index (χ1) is 7.44. The van der Waals surface area contributed by atoms with Crippen LogP contribution in [0.15, 0.2) is 24.3 Å². The van der Waals surface area contributed by atoms with E-state index in [0.717, 1.165) is 17.5 Å². The van der Waals surface area contributed by atoms with Crippen molar-refractivity contribution in [3.05, 3.63) is 35.4 Å². The van der Waals surface area contributed by atoms with Crippen LogP contribution in [0.4, 0.5) is 0 Å².